The third-order valence-corrected chi connectivity index (χ3v) is 12.3. The molecular formula is C61H114N32O3. The van der Waals surface area contributed by atoms with Gasteiger partial charge in [-0.3, -0.25) is 19.5 Å². The van der Waals surface area contributed by atoms with Gasteiger partial charge in [0.15, 0.2) is 46.3 Å². The van der Waals surface area contributed by atoms with Crippen molar-refractivity contribution in [1.29, 1.82) is 0 Å². The van der Waals surface area contributed by atoms with Crippen molar-refractivity contribution < 1.29 is 14.4 Å². The van der Waals surface area contributed by atoms with Crippen LogP contribution in [-0.4, -0.2) is 179 Å². The number of carbonyl (C=O) groups excluding carboxylic acids is 3. The number of aldehydes is 1. The molecule has 11 aromatic rings. The molecule has 0 saturated heterocycles. The van der Waals surface area contributed by atoms with Gasteiger partial charge in [0.05, 0.1) is 101 Å². The van der Waals surface area contributed by atoms with Gasteiger partial charge in [0.1, 0.15) is 11.6 Å². The van der Waals surface area contributed by atoms with Gasteiger partial charge in [-0.15, -0.1) is 18.5 Å². The van der Waals surface area contributed by atoms with Gasteiger partial charge in [-0.05, 0) is 111 Å². The van der Waals surface area contributed by atoms with E-state index in [4.69, 9.17) is 23.0 Å². The molecule has 12 rings (SSSR count). The topological polar surface area (TPSA) is 483 Å². The molecule has 0 spiro atoms. The van der Waals surface area contributed by atoms with Crippen LogP contribution < -0.4 is 50.6 Å². The van der Waals surface area contributed by atoms with Crippen molar-refractivity contribution in [2.24, 2.45) is 17.2 Å². The summed E-state index contributed by atoms with van der Waals surface area (Å²) >= 11 is 0. The molecule has 11 aromatic heterocycles. The molecule has 536 valence electrons. The first kappa shape index (κ1) is 94.3. The molecule has 0 amide bonds. The lowest BCUT2D eigenvalue weighted by Crippen LogP contribution is -2.45. The predicted molar refractivity (Wildman–Crippen MR) is 387 cm³/mol. The zero-order valence-corrected chi connectivity index (χ0v) is 53.7. The maximum absolute atomic E-state index is 10.6. The van der Waals surface area contributed by atoms with E-state index in [1.165, 1.54) is 59.8 Å². The van der Waals surface area contributed by atoms with E-state index in [1.54, 1.807) is 41.6 Å². The molecule has 16 N–H and O–H groups in total. The van der Waals surface area contributed by atoms with E-state index >= 15 is 0 Å². The molecule has 1 aliphatic heterocycles. The minimum Gasteiger partial charge on any atom is -0.384 e. The summed E-state index contributed by atoms with van der Waals surface area (Å²) < 4.78 is 5.99. The van der Waals surface area contributed by atoms with E-state index in [9.17, 15) is 14.4 Å². The van der Waals surface area contributed by atoms with Gasteiger partial charge >= 0.3 is 0 Å². The largest absolute Gasteiger partial charge is 0.384 e. The fourth-order valence-corrected chi connectivity index (χ4v) is 6.78. The number of aryl methyl sites for hydroxylation is 8. The highest BCUT2D eigenvalue weighted by Crippen LogP contribution is 2.21. The number of carbonyl (C=O) groups is 3. The molecular weight excluding hydrogens is 1230 g/mol. The molecule has 0 saturated carbocycles. The Morgan fingerprint density at radius 2 is 1.02 bits per heavy atom. The first-order chi connectivity index (χ1) is 42.3. The number of ketones is 2. The zero-order chi connectivity index (χ0) is 66.7. The van der Waals surface area contributed by atoms with Crippen LogP contribution in [-0.2, 0) is 29.2 Å². The van der Waals surface area contributed by atoms with E-state index in [-0.39, 0.29) is 63.6 Å². The lowest BCUT2D eigenvalue weighted by molar-refractivity contribution is -0.134. The Balaban J connectivity index is -0.000000328. The average molecular weight is 1340 g/mol. The highest BCUT2D eigenvalue weighted by molar-refractivity contribution is 6.35. The monoisotopic (exact) mass is 1340 g/mol. The molecule has 0 aromatic carbocycles. The molecule has 0 fully saturated rings. The number of hydrogen-bond acceptors (Lipinski definition) is 28. The Labute approximate surface area is 566 Å². The van der Waals surface area contributed by atoms with Gasteiger partial charge in [-0.25, -0.2) is 19.9 Å². The number of rotatable bonds is 7. The van der Waals surface area contributed by atoms with Crippen LogP contribution in [0.15, 0.2) is 61.6 Å². The van der Waals surface area contributed by atoms with Crippen LogP contribution in [0.3, 0.4) is 0 Å². The third kappa shape index (κ3) is 27.7. The summed E-state index contributed by atoms with van der Waals surface area (Å²) in [7, 11) is 9.02. The number of Topliss-reactive ketones (excluding diaryl/α,β-unsaturated/α-hetero) is 2. The summed E-state index contributed by atoms with van der Waals surface area (Å²) in [6.45, 7) is 24.2. The first-order valence-corrected chi connectivity index (χ1v) is 27.6. The van der Waals surface area contributed by atoms with Gasteiger partial charge in [0.2, 0.25) is 0 Å². The van der Waals surface area contributed by atoms with Crippen LogP contribution in [0.1, 0.15) is 152 Å². The second kappa shape index (κ2) is 46.7. The van der Waals surface area contributed by atoms with Crippen molar-refractivity contribution in [3.05, 3.63) is 129 Å². The first-order valence-electron chi connectivity index (χ1n) is 27.6. The summed E-state index contributed by atoms with van der Waals surface area (Å²) in [6, 6.07) is 5.97. The average Bonchev–Trinajstić information content (AvgIpc) is 1.69. The smallest absolute Gasteiger partial charge is 0.195 e. The fourth-order valence-electron chi connectivity index (χ4n) is 6.78. The lowest BCUT2D eigenvalue weighted by atomic mass is 10.1. The van der Waals surface area contributed by atoms with Gasteiger partial charge in [-0.1, -0.05) is 52.0 Å². The fraction of sp³-hybridized carbons (Fsp3) is 0.475. The van der Waals surface area contributed by atoms with E-state index in [0.29, 0.717) is 41.5 Å². The number of hydrogen-bond donors (Lipinski definition) is 10. The number of fused-ring (bicyclic) bond motifs is 5. The second-order valence-electron chi connectivity index (χ2n) is 19.4. The molecule has 35 heteroatoms. The number of nitrogens with two attached hydrogens (primary N) is 6. The number of H-pyrrole nitrogens is 1. The summed E-state index contributed by atoms with van der Waals surface area (Å²) in [5.41, 5.74) is 42.0. The lowest BCUT2D eigenvalue weighted by Gasteiger charge is -2.31. The van der Waals surface area contributed by atoms with Crippen molar-refractivity contribution in [3.63, 3.8) is 0 Å². The maximum atomic E-state index is 10.6. The van der Waals surface area contributed by atoms with Crippen LogP contribution in [0.5, 0.6) is 0 Å². The molecule has 0 radical (unpaired) electrons. The Kier molecular flexibility index (Phi) is 45.9. The van der Waals surface area contributed by atoms with E-state index in [2.05, 4.69) is 141 Å². The summed E-state index contributed by atoms with van der Waals surface area (Å²) in [5, 5.41) is 53.4. The standard InChI is InChI=1S/C10H19N5.C9H13N5.C8H11N5.C8H8N4O.C7H8N4.C4H6O2.C3H6N4.C3H5N3.2CH5N.7CH4/c1-7-8(2)13-15-10(12-7)9(5-11-15)6-14(3)4;1-6-7(2)13-14-9(12-6)8(4-10-3)5-11-14;1-5-6(2)12-13-8(11-5)7(3-9)4-10-13;1-5-6(2)11-12-8(10-5)7(4-13)3-9-12;1-5-6(2)10-11-7(9-5)3-4-8-11;1-3(5)4(2)6;4-3-1-2-6-7(3)5;4-3-1-2-5-6-3;2*1-2;;;;;;;/h5,7-8,12-13H,6H2,1-4H3;5,10H,4H2,1-3H3;4H,3,9H2,1-2H3;3-4H,1-2H3;3-4H,1-2H3;1-2H3;1-2H,4-5H2;1-2H,(H3,4,5,6);2*2H2,1H3;7*1H4. The normalized spacial score (nSPS) is 11.4. The maximum Gasteiger partial charge on any atom is 0.195 e. The minimum absolute atomic E-state index is 0. The number of nitrogen functional groups attached to an aromatic ring is 3. The molecule has 2 atom stereocenters. The minimum atomic E-state index is -0.380. The van der Waals surface area contributed by atoms with Crippen molar-refractivity contribution >= 4 is 57.9 Å². The molecule has 35 nitrogen and oxygen atoms in total. The molecule has 12 heterocycles. The molecule has 0 aliphatic carbocycles. The van der Waals surface area contributed by atoms with Crippen LogP contribution in [0, 0.1) is 55.4 Å². The van der Waals surface area contributed by atoms with Crippen LogP contribution in [0.2, 0.25) is 0 Å². The van der Waals surface area contributed by atoms with Gasteiger partial charge in [-0.2, -0.15) is 65.7 Å². The van der Waals surface area contributed by atoms with Crippen LogP contribution in [0.25, 0.3) is 22.6 Å². The molecule has 0 bridgehead atoms. The Bertz CT molecular complexity index is 3870. The van der Waals surface area contributed by atoms with Gasteiger partial charge in [0, 0.05) is 68.3 Å². The number of aromatic amines is 1. The summed E-state index contributed by atoms with van der Waals surface area (Å²) in [4.78, 5) is 52.5. The SMILES string of the molecule is C.C.C.C.C.C.C.CC(=O)C(C)=O.CC1Nc2c(CN(C)C)cnn2NC1C.CN.CN.CNCc1cnn2nc(C)c(C)nc12.Cc1nc2c(C=O)cnn2nc1C.Cc1nc2c(CN)cnn2nc1C.Cc1nc2ccnn2nc1C.Nc1ccn[nH]1.Nc1ccnn1N. The number of nitrogens with zero attached hydrogens (tertiary/aromatic N) is 22. The van der Waals surface area contributed by atoms with Gasteiger partial charge < -0.3 is 55.5 Å². The van der Waals surface area contributed by atoms with E-state index < -0.39 is 0 Å². The van der Waals surface area contributed by atoms with Crippen molar-refractivity contribution in [2.45, 2.75) is 167 Å². The molecule has 2 unspecified atom stereocenters. The second-order valence-corrected chi connectivity index (χ2v) is 19.4. The third-order valence-electron chi connectivity index (χ3n) is 12.3. The van der Waals surface area contributed by atoms with E-state index in [1.807, 2.05) is 79.5 Å². The predicted octanol–water partition coefficient (Wildman–Crippen LogP) is 5.58. The van der Waals surface area contributed by atoms with Crippen molar-refractivity contribution in [2.75, 3.05) is 63.3 Å². The van der Waals surface area contributed by atoms with Gasteiger partial charge in [0.25, 0.3) is 0 Å². The molecule has 96 heavy (non-hydrogen) atoms. The van der Waals surface area contributed by atoms with Crippen molar-refractivity contribution in [1.82, 2.24) is 119 Å². The Morgan fingerprint density at radius 1 is 0.573 bits per heavy atom. The van der Waals surface area contributed by atoms with Crippen LogP contribution in [0.4, 0.5) is 17.5 Å². The Hall–Kier alpha value is -10.4. The number of anilines is 3. The number of aromatic nitrogens is 22. The quantitative estimate of drug-likeness (QED) is 0.0528. The zero-order valence-electron chi connectivity index (χ0n) is 53.7. The number of nitrogens with one attached hydrogen (secondary N) is 4. The van der Waals surface area contributed by atoms with Crippen molar-refractivity contribution in [3.8, 4) is 0 Å². The summed E-state index contributed by atoms with van der Waals surface area (Å²) in [6.07, 6.45) is 12.4. The van der Waals surface area contributed by atoms with Crippen LogP contribution >= 0.6 is 0 Å². The Morgan fingerprint density at radius 3 is 1.43 bits per heavy atom. The highest BCUT2D eigenvalue weighted by atomic mass is 16.2. The van der Waals surface area contributed by atoms with E-state index in [0.717, 1.165) is 104 Å². The molecule has 1 aliphatic rings. The highest BCUT2D eigenvalue weighted by Gasteiger charge is 2.23. The summed E-state index contributed by atoms with van der Waals surface area (Å²) in [5.74, 6) is 6.53.